The summed E-state index contributed by atoms with van der Waals surface area (Å²) in [4.78, 5) is 3.75. The molecular formula is C13H11Cl3N2O3S. The van der Waals surface area contributed by atoms with Crippen molar-refractivity contribution in [3.8, 4) is 5.75 Å². The number of nitrogens with zero attached hydrogens (tertiary/aromatic N) is 1. The predicted octanol–water partition coefficient (Wildman–Crippen LogP) is 4.25. The van der Waals surface area contributed by atoms with Gasteiger partial charge in [-0.05, 0) is 30.7 Å². The Bertz CT molecular complexity index is 792. The lowest BCUT2D eigenvalue weighted by atomic mass is 10.2. The molecule has 2 rings (SSSR count). The zero-order valence-electron chi connectivity index (χ0n) is 11.2. The van der Waals surface area contributed by atoms with E-state index in [0.717, 1.165) is 0 Å². The van der Waals surface area contributed by atoms with E-state index in [1.807, 2.05) is 0 Å². The van der Waals surface area contributed by atoms with Gasteiger partial charge >= 0.3 is 0 Å². The fraction of sp³-hybridized carbons (Fsp3) is 0.154. The van der Waals surface area contributed by atoms with Crippen molar-refractivity contribution in [3.63, 3.8) is 0 Å². The van der Waals surface area contributed by atoms with Crippen LogP contribution in [-0.4, -0.2) is 18.5 Å². The Morgan fingerprint density at radius 3 is 2.23 bits per heavy atom. The maximum atomic E-state index is 12.4. The lowest BCUT2D eigenvalue weighted by Gasteiger charge is -2.16. The topological polar surface area (TPSA) is 79.3 Å². The summed E-state index contributed by atoms with van der Waals surface area (Å²) in [6, 6.07) is 5.71. The van der Waals surface area contributed by atoms with Crippen molar-refractivity contribution >= 4 is 50.6 Å². The molecule has 2 aromatic rings. The third kappa shape index (κ3) is 3.95. The molecule has 1 aromatic heterocycles. The van der Waals surface area contributed by atoms with E-state index in [4.69, 9.17) is 34.8 Å². The number of aromatic hydroxyl groups is 1. The summed E-state index contributed by atoms with van der Waals surface area (Å²) in [6.07, 6.45) is 1.22. The van der Waals surface area contributed by atoms with Crippen LogP contribution < -0.4 is 4.72 Å². The number of rotatable bonds is 4. The number of anilines is 1. The largest absolute Gasteiger partial charge is 0.504 e. The van der Waals surface area contributed by atoms with Gasteiger partial charge in [0.25, 0.3) is 0 Å². The Balaban J connectivity index is 2.33. The quantitative estimate of drug-likeness (QED) is 0.829. The molecule has 22 heavy (non-hydrogen) atoms. The standard InChI is InChI=1S/C13H11Cl3N2O3S/c1-7(8-2-9(14)4-10(15)3-8)22(20,21)18-13-12(19)5-11(16)6-17-13/h2-7,19H,1H3,(H,17,18). The van der Waals surface area contributed by atoms with Gasteiger partial charge in [-0.25, -0.2) is 13.4 Å². The van der Waals surface area contributed by atoms with Crippen LogP contribution in [0.4, 0.5) is 5.82 Å². The SMILES string of the molecule is CC(c1cc(Cl)cc(Cl)c1)S(=O)(=O)Nc1ncc(Cl)cc1O. The molecule has 0 aliphatic rings. The maximum Gasteiger partial charge on any atom is 0.240 e. The monoisotopic (exact) mass is 380 g/mol. The zero-order valence-corrected chi connectivity index (χ0v) is 14.3. The van der Waals surface area contributed by atoms with Crippen LogP contribution in [0.1, 0.15) is 17.7 Å². The molecule has 0 radical (unpaired) electrons. The molecule has 0 aliphatic heterocycles. The minimum Gasteiger partial charge on any atom is -0.504 e. The molecule has 1 atom stereocenters. The first kappa shape index (κ1) is 17.1. The lowest BCUT2D eigenvalue weighted by Crippen LogP contribution is -2.20. The van der Waals surface area contributed by atoms with E-state index in [9.17, 15) is 13.5 Å². The van der Waals surface area contributed by atoms with Gasteiger partial charge in [-0.3, -0.25) is 4.72 Å². The van der Waals surface area contributed by atoms with Crippen LogP contribution in [0.25, 0.3) is 0 Å². The molecule has 5 nitrogen and oxygen atoms in total. The molecular weight excluding hydrogens is 371 g/mol. The molecule has 1 heterocycles. The van der Waals surface area contributed by atoms with Crippen LogP contribution in [0.2, 0.25) is 15.1 Å². The van der Waals surface area contributed by atoms with Gasteiger partial charge in [0.05, 0.1) is 5.02 Å². The molecule has 0 amide bonds. The van der Waals surface area contributed by atoms with Crippen LogP contribution >= 0.6 is 34.8 Å². The van der Waals surface area contributed by atoms with Crippen LogP contribution in [0.5, 0.6) is 5.75 Å². The first-order chi connectivity index (χ1) is 10.2. The Morgan fingerprint density at radius 2 is 1.68 bits per heavy atom. The van der Waals surface area contributed by atoms with E-state index in [2.05, 4.69) is 9.71 Å². The summed E-state index contributed by atoms with van der Waals surface area (Å²) >= 11 is 17.4. The second-order valence-corrected chi connectivity index (χ2v) is 7.82. The van der Waals surface area contributed by atoms with E-state index in [0.29, 0.717) is 15.6 Å². The fourth-order valence-corrected chi connectivity index (χ4v) is 3.51. The van der Waals surface area contributed by atoms with Crippen LogP contribution in [-0.2, 0) is 10.0 Å². The maximum absolute atomic E-state index is 12.4. The van der Waals surface area contributed by atoms with Gasteiger partial charge in [0.1, 0.15) is 5.25 Å². The first-order valence-corrected chi connectivity index (χ1v) is 8.69. The highest BCUT2D eigenvalue weighted by Gasteiger charge is 2.25. The van der Waals surface area contributed by atoms with Gasteiger partial charge in [-0.2, -0.15) is 0 Å². The lowest BCUT2D eigenvalue weighted by molar-refractivity contribution is 0.475. The van der Waals surface area contributed by atoms with E-state index in [1.54, 1.807) is 0 Å². The first-order valence-electron chi connectivity index (χ1n) is 6.01. The van der Waals surface area contributed by atoms with Crippen molar-refractivity contribution in [1.82, 2.24) is 4.98 Å². The van der Waals surface area contributed by atoms with Crippen molar-refractivity contribution < 1.29 is 13.5 Å². The van der Waals surface area contributed by atoms with Crippen LogP contribution in [0, 0.1) is 0 Å². The molecule has 0 fully saturated rings. The number of nitrogens with one attached hydrogen (secondary N) is 1. The zero-order chi connectivity index (χ0) is 16.5. The normalized spacial score (nSPS) is 12.9. The van der Waals surface area contributed by atoms with Gasteiger partial charge in [0.15, 0.2) is 11.6 Å². The number of hydrogen-bond donors (Lipinski definition) is 2. The number of benzene rings is 1. The smallest absolute Gasteiger partial charge is 0.240 e. The van der Waals surface area contributed by atoms with Crippen molar-refractivity contribution in [2.45, 2.75) is 12.2 Å². The predicted molar refractivity (Wildman–Crippen MR) is 88.3 cm³/mol. The average molecular weight is 382 g/mol. The second kappa shape index (κ2) is 6.50. The Hall–Kier alpha value is -1.21. The summed E-state index contributed by atoms with van der Waals surface area (Å²) in [7, 11) is -3.87. The summed E-state index contributed by atoms with van der Waals surface area (Å²) < 4.78 is 27.0. The second-order valence-electron chi connectivity index (χ2n) is 4.51. The van der Waals surface area contributed by atoms with Gasteiger partial charge < -0.3 is 5.11 Å². The van der Waals surface area contributed by atoms with Crippen LogP contribution in [0.15, 0.2) is 30.5 Å². The summed E-state index contributed by atoms with van der Waals surface area (Å²) in [5.41, 5.74) is 0.415. The average Bonchev–Trinajstić information content (AvgIpc) is 2.40. The fourth-order valence-electron chi connectivity index (χ4n) is 1.72. The number of hydrogen-bond acceptors (Lipinski definition) is 4. The van der Waals surface area contributed by atoms with E-state index >= 15 is 0 Å². The Kier molecular flexibility index (Phi) is 5.07. The molecule has 0 bridgehead atoms. The molecule has 0 saturated carbocycles. The van der Waals surface area contributed by atoms with E-state index in [1.165, 1.54) is 37.4 Å². The summed E-state index contributed by atoms with van der Waals surface area (Å²) in [6.45, 7) is 1.47. The van der Waals surface area contributed by atoms with Gasteiger partial charge in [0, 0.05) is 22.3 Å². The van der Waals surface area contributed by atoms with Crippen LogP contribution in [0.3, 0.4) is 0 Å². The molecule has 1 unspecified atom stereocenters. The molecule has 2 N–H and O–H groups in total. The number of aromatic nitrogens is 1. The third-order valence-electron chi connectivity index (χ3n) is 2.89. The highest BCUT2D eigenvalue weighted by atomic mass is 35.5. The Morgan fingerprint density at radius 1 is 1.09 bits per heavy atom. The van der Waals surface area contributed by atoms with E-state index < -0.39 is 15.3 Å². The van der Waals surface area contributed by atoms with Gasteiger partial charge in [-0.15, -0.1) is 0 Å². The number of halogens is 3. The highest BCUT2D eigenvalue weighted by Crippen LogP contribution is 2.31. The van der Waals surface area contributed by atoms with Gasteiger partial charge in [-0.1, -0.05) is 34.8 Å². The Labute approximate surface area is 142 Å². The molecule has 9 heteroatoms. The minimum atomic E-state index is -3.87. The molecule has 0 aliphatic carbocycles. The minimum absolute atomic E-state index is 0.190. The van der Waals surface area contributed by atoms with Crippen molar-refractivity contribution in [3.05, 3.63) is 51.1 Å². The highest BCUT2D eigenvalue weighted by molar-refractivity contribution is 7.92. The molecule has 0 spiro atoms. The van der Waals surface area contributed by atoms with Crippen molar-refractivity contribution in [2.75, 3.05) is 4.72 Å². The molecule has 1 aromatic carbocycles. The van der Waals surface area contributed by atoms with E-state index in [-0.39, 0.29) is 16.6 Å². The summed E-state index contributed by atoms with van der Waals surface area (Å²) in [5.74, 6) is -0.572. The van der Waals surface area contributed by atoms with Crippen molar-refractivity contribution in [1.29, 1.82) is 0 Å². The third-order valence-corrected chi connectivity index (χ3v) is 5.22. The molecule has 118 valence electrons. The number of sulfonamides is 1. The van der Waals surface area contributed by atoms with Crippen molar-refractivity contribution in [2.24, 2.45) is 0 Å². The molecule has 0 saturated heterocycles. The number of pyridine rings is 1. The summed E-state index contributed by atoms with van der Waals surface area (Å²) in [5, 5.41) is 9.57. The van der Waals surface area contributed by atoms with Gasteiger partial charge in [0.2, 0.25) is 10.0 Å².